The van der Waals surface area contributed by atoms with Crippen LogP contribution in [0.2, 0.25) is 0 Å². The molecule has 0 unspecified atom stereocenters. The molecule has 2 atom stereocenters. The summed E-state index contributed by atoms with van der Waals surface area (Å²) in [5.41, 5.74) is -0.470. The van der Waals surface area contributed by atoms with Crippen LogP contribution >= 0.6 is 15.9 Å². The number of alkyl halides is 1. The second-order valence-corrected chi connectivity index (χ2v) is 9.29. The quantitative estimate of drug-likeness (QED) is 0.811. The van der Waals surface area contributed by atoms with E-state index in [0.717, 1.165) is 0 Å². The summed E-state index contributed by atoms with van der Waals surface area (Å²) >= 11 is 3.23. The Morgan fingerprint density at radius 1 is 1.27 bits per heavy atom. The summed E-state index contributed by atoms with van der Waals surface area (Å²) in [5.74, 6) is 0.0270. The highest BCUT2D eigenvalue weighted by molar-refractivity contribution is 9.11. The van der Waals surface area contributed by atoms with Gasteiger partial charge in [0.1, 0.15) is 0 Å². The maximum atomic E-state index is 11.9. The molecule has 0 spiro atoms. The standard InChI is InChI=1S/C10H21BrO3S/c1-6-10(11,15(13,14)7-2)8(12)9(3,4)5/h8,12H,6-7H2,1-5H3/t8-,10-/m1/s1. The number of hydrogen-bond donors (Lipinski definition) is 1. The SMILES string of the molecule is CC[C@](Br)([C@H](O)C(C)(C)C)S(=O)(=O)CC. The molecule has 1 N–H and O–H groups in total. The maximum Gasteiger partial charge on any atom is 0.168 e. The average molecular weight is 301 g/mol. The van der Waals surface area contributed by atoms with Crippen molar-refractivity contribution in [3.05, 3.63) is 0 Å². The third-order valence-corrected chi connectivity index (χ3v) is 7.39. The number of sulfone groups is 1. The van der Waals surface area contributed by atoms with Crippen LogP contribution in [0.3, 0.4) is 0 Å². The molecule has 0 aliphatic carbocycles. The van der Waals surface area contributed by atoms with Crippen molar-refractivity contribution in [2.24, 2.45) is 5.41 Å². The summed E-state index contributed by atoms with van der Waals surface area (Å²) < 4.78 is 22.6. The Bertz CT molecular complexity index is 305. The zero-order valence-electron chi connectivity index (χ0n) is 10.0. The highest BCUT2D eigenvalue weighted by atomic mass is 79.9. The summed E-state index contributed by atoms with van der Waals surface area (Å²) in [6.07, 6.45) is -0.582. The van der Waals surface area contributed by atoms with Crippen molar-refractivity contribution in [1.29, 1.82) is 0 Å². The molecule has 92 valence electrons. The van der Waals surface area contributed by atoms with Crippen molar-refractivity contribution in [3.8, 4) is 0 Å². The number of aliphatic hydroxyl groups excluding tert-OH is 1. The van der Waals surface area contributed by atoms with E-state index in [1.807, 2.05) is 20.8 Å². The van der Waals surface area contributed by atoms with E-state index in [1.165, 1.54) is 0 Å². The van der Waals surface area contributed by atoms with E-state index >= 15 is 0 Å². The number of hydrogen-bond acceptors (Lipinski definition) is 3. The molecule has 0 heterocycles. The maximum absolute atomic E-state index is 11.9. The van der Waals surface area contributed by atoms with Crippen LogP contribution in [0.4, 0.5) is 0 Å². The molecule has 0 fully saturated rings. The Balaban J connectivity index is 5.40. The minimum atomic E-state index is -3.33. The van der Waals surface area contributed by atoms with Crippen LogP contribution in [0.1, 0.15) is 41.0 Å². The highest BCUT2D eigenvalue weighted by Crippen LogP contribution is 2.41. The van der Waals surface area contributed by atoms with Crippen molar-refractivity contribution in [2.45, 2.75) is 50.8 Å². The molecule has 0 saturated carbocycles. The van der Waals surface area contributed by atoms with Gasteiger partial charge >= 0.3 is 0 Å². The van der Waals surface area contributed by atoms with Crippen molar-refractivity contribution in [2.75, 3.05) is 5.75 Å². The lowest BCUT2D eigenvalue weighted by molar-refractivity contribution is 0.0508. The van der Waals surface area contributed by atoms with E-state index in [2.05, 4.69) is 15.9 Å². The molecular weight excluding hydrogens is 280 g/mol. The summed E-state index contributed by atoms with van der Waals surface area (Å²) in [6, 6.07) is 0. The van der Waals surface area contributed by atoms with Gasteiger partial charge in [-0.25, -0.2) is 8.42 Å². The van der Waals surface area contributed by atoms with Crippen LogP contribution in [0.15, 0.2) is 0 Å². The van der Waals surface area contributed by atoms with E-state index in [-0.39, 0.29) is 5.75 Å². The lowest BCUT2D eigenvalue weighted by atomic mass is 9.86. The van der Waals surface area contributed by atoms with Crippen LogP contribution in [0.5, 0.6) is 0 Å². The molecule has 0 rings (SSSR count). The second-order valence-electron chi connectivity index (χ2n) is 4.81. The summed E-state index contributed by atoms with van der Waals surface area (Å²) in [7, 11) is -3.33. The van der Waals surface area contributed by atoms with Gasteiger partial charge in [-0.3, -0.25) is 0 Å². The largest absolute Gasteiger partial charge is 0.390 e. The fourth-order valence-corrected chi connectivity index (χ4v) is 4.46. The zero-order chi connectivity index (χ0) is 12.5. The van der Waals surface area contributed by atoms with E-state index in [4.69, 9.17) is 0 Å². The van der Waals surface area contributed by atoms with Crippen molar-refractivity contribution < 1.29 is 13.5 Å². The first-order valence-corrected chi connectivity index (χ1v) is 7.56. The molecule has 0 aromatic rings. The van der Waals surface area contributed by atoms with Crippen LogP contribution in [0.25, 0.3) is 0 Å². The first kappa shape index (κ1) is 15.4. The minimum Gasteiger partial charge on any atom is -0.390 e. The normalized spacial score (nSPS) is 19.7. The van der Waals surface area contributed by atoms with Crippen LogP contribution in [-0.4, -0.2) is 29.0 Å². The molecule has 0 amide bonds. The molecule has 0 aliphatic rings. The fourth-order valence-electron chi connectivity index (χ4n) is 1.47. The van der Waals surface area contributed by atoms with Crippen LogP contribution in [0, 0.1) is 5.41 Å². The average Bonchev–Trinajstić information content (AvgIpc) is 2.13. The molecule has 0 aromatic heterocycles. The van der Waals surface area contributed by atoms with E-state index < -0.39 is 25.0 Å². The molecule has 0 radical (unpaired) electrons. The molecule has 0 bridgehead atoms. The molecular formula is C10H21BrO3S. The Morgan fingerprint density at radius 2 is 1.67 bits per heavy atom. The van der Waals surface area contributed by atoms with Crippen molar-refractivity contribution in [1.82, 2.24) is 0 Å². The molecule has 0 saturated heterocycles. The monoisotopic (exact) mass is 300 g/mol. The first-order chi connectivity index (χ1) is 6.53. The van der Waals surface area contributed by atoms with Gasteiger partial charge in [0.15, 0.2) is 13.5 Å². The number of halogens is 1. The van der Waals surface area contributed by atoms with Gasteiger partial charge in [0.05, 0.1) is 6.10 Å². The van der Waals surface area contributed by atoms with Gasteiger partial charge in [-0.15, -0.1) is 0 Å². The topological polar surface area (TPSA) is 54.4 Å². The Labute approximate surface area is 101 Å². The molecule has 15 heavy (non-hydrogen) atoms. The third kappa shape index (κ3) is 2.94. The molecule has 5 heteroatoms. The lowest BCUT2D eigenvalue weighted by Gasteiger charge is -2.38. The number of aliphatic hydroxyl groups is 1. The zero-order valence-corrected chi connectivity index (χ0v) is 12.4. The third-order valence-electron chi connectivity index (χ3n) is 2.61. The molecule has 3 nitrogen and oxygen atoms in total. The van der Waals surface area contributed by atoms with Gasteiger partial charge in [0.2, 0.25) is 0 Å². The Hall–Kier alpha value is 0.390. The Kier molecular flexibility index (Phi) is 4.84. The van der Waals surface area contributed by atoms with Crippen LogP contribution < -0.4 is 0 Å². The summed E-state index contributed by atoms with van der Waals surface area (Å²) in [4.78, 5) is 0. The van der Waals surface area contributed by atoms with Crippen molar-refractivity contribution in [3.63, 3.8) is 0 Å². The highest BCUT2D eigenvalue weighted by Gasteiger charge is 2.49. The Morgan fingerprint density at radius 3 is 1.87 bits per heavy atom. The smallest absolute Gasteiger partial charge is 0.168 e. The van der Waals surface area contributed by atoms with Crippen LogP contribution in [-0.2, 0) is 9.84 Å². The van der Waals surface area contributed by atoms with Gasteiger partial charge < -0.3 is 5.11 Å². The minimum absolute atomic E-state index is 0.0270. The van der Waals surface area contributed by atoms with Gasteiger partial charge in [0.25, 0.3) is 0 Å². The predicted octanol–water partition coefficient (Wildman–Crippen LogP) is 2.33. The predicted molar refractivity (Wildman–Crippen MR) is 66.9 cm³/mol. The van der Waals surface area contributed by atoms with E-state index in [1.54, 1.807) is 13.8 Å². The van der Waals surface area contributed by atoms with Gasteiger partial charge in [-0.05, 0) is 11.8 Å². The van der Waals surface area contributed by atoms with Gasteiger partial charge in [-0.1, -0.05) is 50.5 Å². The summed E-state index contributed by atoms with van der Waals surface area (Å²) in [5, 5.41) is 10.1. The summed E-state index contributed by atoms with van der Waals surface area (Å²) in [6.45, 7) is 8.84. The van der Waals surface area contributed by atoms with E-state index in [0.29, 0.717) is 6.42 Å². The van der Waals surface area contributed by atoms with Crippen molar-refractivity contribution >= 4 is 25.8 Å². The fraction of sp³-hybridized carbons (Fsp3) is 1.00. The molecule has 0 aliphatic heterocycles. The number of rotatable bonds is 4. The van der Waals surface area contributed by atoms with Gasteiger partial charge in [0, 0.05) is 5.75 Å². The molecule has 0 aromatic carbocycles. The second kappa shape index (κ2) is 4.72. The van der Waals surface area contributed by atoms with E-state index in [9.17, 15) is 13.5 Å². The lowest BCUT2D eigenvalue weighted by Crippen LogP contribution is -2.50. The first-order valence-electron chi connectivity index (χ1n) is 5.12. The van der Waals surface area contributed by atoms with Gasteiger partial charge in [-0.2, -0.15) is 0 Å².